The van der Waals surface area contributed by atoms with Gasteiger partial charge < -0.3 is 10.1 Å². The first-order valence-corrected chi connectivity index (χ1v) is 11.6. The van der Waals surface area contributed by atoms with Crippen molar-refractivity contribution >= 4 is 40.0 Å². The Morgan fingerprint density at radius 2 is 1.88 bits per heavy atom. The van der Waals surface area contributed by atoms with Gasteiger partial charge in [-0.1, -0.05) is 59.8 Å². The molecule has 0 fully saturated rings. The van der Waals surface area contributed by atoms with E-state index in [0.717, 1.165) is 22.4 Å². The van der Waals surface area contributed by atoms with E-state index in [1.165, 1.54) is 30.2 Å². The molecule has 4 aromatic rings. The molecule has 0 unspecified atom stereocenters. The Labute approximate surface area is 193 Å². The van der Waals surface area contributed by atoms with Crippen LogP contribution < -0.4 is 5.32 Å². The number of thiophene rings is 1. The van der Waals surface area contributed by atoms with Gasteiger partial charge in [-0.05, 0) is 24.6 Å². The predicted molar refractivity (Wildman–Crippen MR) is 127 cm³/mol. The van der Waals surface area contributed by atoms with E-state index in [-0.39, 0.29) is 11.7 Å². The molecular weight excluding hydrogens is 444 g/mol. The number of hydrogen-bond donors (Lipinski definition) is 1. The van der Waals surface area contributed by atoms with Gasteiger partial charge in [0.2, 0.25) is 5.91 Å². The van der Waals surface area contributed by atoms with Crippen molar-refractivity contribution in [2.24, 2.45) is 0 Å². The molecule has 2 aromatic heterocycles. The second-order valence-electron chi connectivity index (χ2n) is 6.87. The van der Waals surface area contributed by atoms with Crippen molar-refractivity contribution < 1.29 is 14.3 Å². The van der Waals surface area contributed by atoms with Crippen LogP contribution in [0.15, 0.2) is 71.5 Å². The number of methoxy groups -OCH3 is 1. The third-order valence-corrected chi connectivity index (χ3v) is 6.52. The van der Waals surface area contributed by atoms with Crippen LogP contribution in [-0.4, -0.2) is 39.5 Å². The third kappa shape index (κ3) is 4.74. The van der Waals surface area contributed by atoms with Gasteiger partial charge >= 0.3 is 5.97 Å². The molecule has 162 valence electrons. The lowest BCUT2D eigenvalue weighted by atomic mass is 10.0. The number of thioether (sulfide) groups is 1. The SMILES string of the molecule is COC(=O)c1c(-c2ccc(C)cc2)csc1NC(=O)CSc1nncn1-c1ccccc1. The molecule has 7 nitrogen and oxygen atoms in total. The zero-order valence-electron chi connectivity index (χ0n) is 17.4. The fourth-order valence-electron chi connectivity index (χ4n) is 3.08. The minimum Gasteiger partial charge on any atom is -0.465 e. The van der Waals surface area contributed by atoms with Crippen LogP contribution in [0, 0.1) is 6.92 Å². The van der Waals surface area contributed by atoms with Crippen LogP contribution >= 0.6 is 23.1 Å². The molecule has 0 aliphatic heterocycles. The molecule has 1 amide bonds. The summed E-state index contributed by atoms with van der Waals surface area (Å²) in [4.78, 5) is 25.2. The zero-order chi connectivity index (χ0) is 22.5. The number of hydrogen-bond acceptors (Lipinski definition) is 7. The normalized spacial score (nSPS) is 10.7. The predicted octanol–water partition coefficient (Wildman–Crippen LogP) is 4.82. The van der Waals surface area contributed by atoms with E-state index in [1.54, 1.807) is 6.33 Å². The van der Waals surface area contributed by atoms with E-state index in [4.69, 9.17) is 4.74 Å². The van der Waals surface area contributed by atoms with Crippen LogP contribution in [0.5, 0.6) is 0 Å². The van der Waals surface area contributed by atoms with Gasteiger partial charge in [0.25, 0.3) is 0 Å². The number of amides is 1. The molecule has 0 aliphatic rings. The van der Waals surface area contributed by atoms with Crippen molar-refractivity contribution in [2.75, 3.05) is 18.2 Å². The van der Waals surface area contributed by atoms with Crippen LogP contribution in [0.1, 0.15) is 15.9 Å². The van der Waals surface area contributed by atoms with Gasteiger partial charge in [-0.15, -0.1) is 21.5 Å². The summed E-state index contributed by atoms with van der Waals surface area (Å²) in [5.41, 5.74) is 4.01. The maximum Gasteiger partial charge on any atom is 0.341 e. The smallest absolute Gasteiger partial charge is 0.341 e. The quantitative estimate of drug-likeness (QED) is 0.312. The van der Waals surface area contributed by atoms with Crippen molar-refractivity contribution in [1.82, 2.24) is 14.8 Å². The van der Waals surface area contributed by atoms with E-state index in [2.05, 4.69) is 15.5 Å². The number of aryl methyl sites for hydroxylation is 1. The van der Waals surface area contributed by atoms with E-state index in [0.29, 0.717) is 15.7 Å². The lowest BCUT2D eigenvalue weighted by Gasteiger charge is -2.08. The first kappa shape index (κ1) is 21.8. The highest BCUT2D eigenvalue weighted by molar-refractivity contribution is 7.99. The Hall–Kier alpha value is -3.43. The maximum atomic E-state index is 12.7. The number of benzene rings is 2. The average Bonchev–Trinajstić information content (AvgIpc) is 3.45. The fourth-order valence-corrected chi connectivity index (χ4v) is 4.78. The minimum atomic E-state index is -0.492. The van der Waals surface area contributed by atoms with Gasteiger partial charge in [-0.2, -0.15) is 0 Å². The van der Waals surface area contributed by atoms with Gasteiger partial charge in [-0.3, -0.25) is 9.36 Å². The Bertz CT molecular complexity index is 1230. The number of esters is 1. The van der Waals surface area contributed by atoms with Crippen LogP contribution in [0.3, 0.4) is 0 Å². The van der Waals surface area contributed by atoms with Crippen molar-refractivity contribution in [3.63, 3.8) is 0 Å². The second-order valence-corrected chi connectivity index (χ2v) is 8.69. The lowest BCUT2D eigenvalue weighted by molar-refractivity contribution is -0.113. The number of rotatable bonds is 7. The number of nitrogens with zero attached hydrogens (tertiary/aromatic N) is 3. The molecule has 0 bridgehead atoms. The standard InChI is InChI=1S/C23H20N4O3S2/c1-15-8-10-16(11-9-15)18-12-31-21(20(18)22(29)30-2)25-19(28)13-32-23-26-24-14-27(23)17-6-4-3-5-7-17/h3-12,14H,13H2,1-2H3,(H,25,28). The lowest BCUT2D eigenvalue weighted by Crippen LogP contribution is -2.16. The number of anilines is 1. The summed E-state index contributed by atoms with van der Waals surface area (Å²) in [5, 5.41) is 13.8. The number of carbonyl (C=O) groups excluding carboxylic acids is 2. The number of ether oxygens (including phenoxy) is 1. The molecule has 1 N–H and O–H groups in total. The highest BCUT2D eigenvalue weighted by Gasteiger charge is 2.22. The largest absolute Gasteiger partial charge is 0.465 e. The summed E-state index contributed by atoms with van der Waals surface area (Å²) in [6.07, 6.45) is 1.61. The molecule has 0 saturated heterocycles. The first-order valence-electron chi connectivity index (χ1n) is 9.71. The second kappa shape index (κ2) is 9.80. The van der Waals surface area contributed by atoms with Crippen molar-refractivity contribution in [3.05, 3.63) is 77.4 Å². The molecule has 0 aliphatic carbocycles. The molecule has 0 radical (unpaired) electrons. The van der Waals surface area contributed by atoms with Gasteiger partial charge in [0, 0.05) is 16.6 Å². The summed E-state index contributed by atoms with van der Waals surface area (Å²) >= 11 is 2.56. The fraction of sp³-hybridized carbons (Fsp3) is 0.130. The van der Waals surface area contributed by atoms with E-state index in [1.807, 2.05) is 71.5 Å². The van der Waals surface area contributed by atoms with Gasteiger partial charge in [-0.25, -0.2) is 4.79 Å². The molecule has 2 aromatic carbocycles. The first-order chi connectivity index (χ1) is 15.6. The molecule has 32 heavy (non-hydrogen) atoms. The number of para-hydroxylation sites is 1. The van der Waals surface area contributed by atoms with Crippen molar-refractivity contribution in [2.45, 2.75) is 12.1 Å². The van der Waals surface area contributed by atoms with Crippen molar-refractivity contribution in [3.8, 4) is 16.8 Å². The van der Waals surface area contributed by atoms with E-state index < -0.39 is 5.97 Å². The highest BCUT2D eigenvalue weighted by atomic mass is 32.2. The Morgan fingerprint density at radius 1 is 1.12 bits per heavy atom. The molecule has 0 atom stereocenters. The summed E-state index contributed by atoms with van der Waals surface area (Å²) in [7, 11) is 1.33. The van der Waals surface area contributed by atoms with Crippen molar-refractivity contribution in [1.29, 1.82) is 0 Å². The minimum absolute atomic E-state index is 0.115. The number of carbonyl (C=O) groups is 2. The summed E-state index contributed by atoms with van der Waals surface area (Å²) < 4.78 is 6.79. The van der Waals surface area contributed by atoms with Crippen LogP contribution in [0.2, 0.25) is 0 Å². The number of nitrogens with one attached hydrogen (secondary N) is 1. The summed E-state index contributed by atoms with van der Waals surface area (Å²) in [6, 6.07) is 17.5. The van der Waals surface area contributed by atoms with Gasteiger partial charge in [0.15, 0.2) is 5.16 Å². The molecule has 2 heterocycles. The maximum absolute atomic E-state index is 12.7. The summed E-state index contributed by atoms with van der Waals surface area (Å²) in [6.45, 7) is 2.00. The molecule has 4 rings (SSSR count). The van der Waals surface area contributed by atoms with Crippen LogP contribution in [0.4, 0.5) is 5.00 Å². The summed E-state index contributed by atoms with van der Waals surface area (Å²) in [5.74, 6) is -0.627. The monoisotopic (exact) mass is 464 g/mol. The Morgan fingerprint density at radius 3 is 2.59 bits per heavy atom. The highest BCUT2D eigenvalue weighted by Crippen LogP contribution is 2.36. The van der Waals surface area contributed by atoms with Crippen LogP contribution in [0.25, 0.3) is 16.8 Å². The molecular formula is C23H20N4O3S2. The number of aromatic nitrogens is 3. The molecule has 0 spiro atoms. The van der Waals surface area contributed by atoms with Gasteiger partial charge in [0.05, 0.1) is 12.9 Å². The Balaban J connectivity index is 1.50. The zero-order valence-corrected chi connectivity index (χ0v) is 19.1. The van der Waals surface area contributed by atoms with Gasteiger partial charge in [0.1, 0.15) is 16.9 Å². The Kier molecular flexibility index (Phi) is 6.67. The third-order valence-electron chi connectivity index (χ3n) is 4.68. The van der Waals surface area contributed by atoms with E-state index >= 15 is 0 Å². The van der Waals surface area contributed by atoms with Crippen LogP contribution in [-0.2, 0) is 9.53 Å². The van der Waals surface area contributed by atoms with E-state index in [9.17, 15) is 9.59 Å². The average molecular weight is 465 g/mol. The topological polar surface area (TPSA) is 86.1 Å². The molecule has 0 saturated carbocycles. The molecule has 9 heteroatoms.